The SMILES string of the molecule is CCCCNC(=O)c1cccc(NC(=S)NC(=O)c2ccccc2C)c1. The van der Waals surface area contributed by atoms with E-state index in [1.54, 1.807) is 36.4 Å². The zero-order valence-corrected chi connectivity index (χ0v) is 15.8. The van der Waals surface area contributed by atoms with Crippen LogP contribution in [0.2, 0.25) is 0 Å². The van der Waals surface area contributed by atoms with Crippen LogP contribution in [0.1, 0.15) is 46.0 Å². The Morgan fingerprint density at radius 1 is 1.04 bits per heavy atom. The molecule has 0 atom stereocenters. The van der Waals surface area contributed by atoms with Crippen molar-refractivity contribution < 1.29 is 9.59 Å². The van der Waals surface area contributed by atoms with Crippen molar-refractivity contribution in [3.63, 3.8) is 0 Å². The molecule has 0 aliphatic carbocycles. The summed E-state index contributed by atoms with van der Waals surface area (Å²) >= 11 is 5.21. The van der Waals surface area contributed by atoms with E-state index in [9.17, 15) is 9.59 Å². The molecule has 0 saturated carbocycles. The van der Waals surface area contributed by atoms with Gasteiger partial charge in [-0.05, 0) is 55.4 Å². The van der Waals surface area contributed by atoms with Gasteiger partial charge < -0.3 is 10.6 Å². The van der Waals surface area contributed by atoms with Gasteiger partial charge in [-0.2, -0.15) is 0 Å². The van der Waals surface area contributed by atoms with Crippen LogP contribution < -0.4 is 16.0 Å². The second-order valence-electron chi connectivity index (χ2n) is 5.91. The monoisotopic (exact) mass is 369 g/mol. The van der Waals surface area contributed by atoms with Crippen LogP contribution in [0.25, 0.3) is 0 Å². The van der Waals surface area contributed by atoms with Gasteiger partial charge >= 0.3 is 0 Å². The smallest absolute Gasteiger partial charge is 0.257 e. The lowest BCUT2D eigenvalue weighted by Gasteiger charge is -2.12. The van der Waals surface area contributed by atoms with Crippen LogP contribution in [-0.4, -0.2) is 23.5 Å². The van der Waals surface area contributed by atoms with Crippen molar-refractivity contribution in [1.29, 1.82) is 0 Å². The van der Waals surface area contributed by atoms with Crippen LogP contribution in [0.15, 0.2) is 48.5 Å². The van der Waals surface area contributed by atoms with Crippen LogP contribution in [0.4, 0.5) is 5.69 Å². The molecule has 5 nitrogen and oxygen atoms in total. The molecule has 0 aromatic heterocycles. The fourth-order valence-corrected chi connectivity index (χ4v) is 2.59. The number of amides is 2. The number of unbranched alkanes of at least 4 members (excludes halogenated alkanes) is 1. The van der Waals surface area contributed by atoms with Gasteiger partial charge in [-0.3, -0.25) is 14.9 Å². The minimum absolute atomic E-state index is 0.128. The third-order valence-corrected chi connectivity index (χ3v) is 4.02. The Morgan fingerprint density at radius 2 is 1.81 bits per heavy atom. The van der Waals surface area contributed by atoms with Gasteiger partial charge in [-0.15, -0.1) is 0 Å². The van der Waals surface area contributed by atoms with Crippen LogP contribution in [0.5, 0.6) is 0 Å². The van der Waals surface area contributed by atoms with Crippen LogP contribution in [0.3, 0.4) is 0 Å². The summed E-state index contributed by atoms with van der Waals surface area (Å²) in [6, 6.07) is 14.3. The first-order valence-corrected chi connectivity index (χ1v) is 8.98. The molecule has 2 aromatic carbocycles. The lowest BCUT2D eigenvalue weighted by Crippen LogP contribution is -2.34. The van der Waals surface area contributed by atoms with E-state index in [0.29, 0.717) is 23.4 Å². The van der Waals surface area contributed by atoms with E-state index in [2.05, 4.69) is 22.9 Å². The topological polar surface area (TPSA) is 70.2 Å². The molecule has 0 radical (unpaired) electrons. The Morgan fingerprint density at radius 3 is 2.54 bits per heavy atom. The Bertz CT molecular complexity index is 805. The van der Waals surface area contributed by atoms with Crippen molar-refractivity contribution in [2.75, 3.05) is 11.9 Å². The summed E-state index contributed by atoms with van der Waals surface area (Å²) < 4.78 is 0. The average Bonchev–Trinajstić information content (AvgIpc) is 2.62. The van der Waals surface area contributed by atoms with Crippen LogP contribution in [-0.2, 0) is 0 Å². The number of hydrogen-bond donors (Lipinski definition) is 3. The number of carbonyl (C=O) groups is 2. The molecule has 0 aliphatic rings. The zero-order valence-electron chi connectivity index (χ0n) is 15.0. The summed E-state index contributed by atoms with van der Waals surface area (Å²) in [6.07, 6.45) is 1.97. The lowest BCUT2D eigenvalue weighted by molar-refractivity contribution is 0.0950. The molecule has 2 amide bonds. The predicted octanol–water partition coefficient (Wildman–Crippen LogP) is 3.65. The molecular weight excluding hydrogens is 346 g/mol. The molecule has 0 bridgehead atoms. The van der Waals surface area contributed by atoms with Crippen molar-refractivity contribution in [3.05, 3.63) is 65.2 Å². The molecule has 0 aliphatic heterocycles. The number of hydrogen-bond acceptors (Lipinski definition) is 3. The van der Waals surface area contributed by atoms with Gasteiger partial charge in [0.2, 0.25) is 0 Å². The normalized spacial score (nSPS) is 10.1. The summed E-state index contributed by atoms with van der Waals surface area (Å²) in [5.41, 5.74) is 2.63. The predicted molar refractivity (Wildman–Crippen MR) is 109 cm³/mol. The van der Waals surface area contributed by atoms with E-state index in [1.165, 1.54) is 0 Å². The van der Waals surface area contributed by atoms with Gasteiger partial charge in [-0.1, -0.05) is 37.6 Å². The third kappa shape index (κ3) is 5.67. The molecule has 136 valence electrons. The number of carbonyl (C=O) groups excluding carboxylic acids is 2. The van der Waals surface area contributed by atoms with Crippen LogP contribution >= 0.6 is 12.2 Å². The highest BCUT2D eigenvalue weighted by molar-refractivity contribution is 7.80. The molecule has 3 N–H and O–H groups in total. The summed E-state index contributed by atoms with van der Waals surface area (Å²) in [5.74, 6) is -0.397. The largest absolute Gasteiger partial charge is 0.352 e. The number of rotatable bonds is 6. The maximum atomic E-state index is 12.3. The van der Waals surface area contributed by atoms with Crippen molar-refractivity contribution >= 4 is 34.8 Å². The fraction of sp³-hybridized carbons (Fsp3) is 0.250. The van der Waals surface area contributed by atoms with Crippen molar-refractivity contribution in [1.82, 2.24) is 10.6 Å². The molecule has 0 saturated heterocycles. The first-order chi connectivity index (χ1) is 12.5. The molecule has 2 aromatic rings. The fourth-order valence-electron chi connectivity index (χ4n) is 2.38. The lowest BCUT2D eigenvalue weighted by atomic mass is 10.1. The van der Waals surface area contributed by atoms with E-state index >= 15 is 0 Å². The molecule has 26 heavy (non-hydrogen) atoms. The second-order valence-corrected chi connectivity index (χ2v) is 6.32. The summed E-state index contributed by atoms with van der Waals surface area (Å²) in [7, 11) is 0. The van der Waals surface area contributed by atoms with Gasteiger partial charge in [0.25, 0.3) is 11.8 Å². The standard InChI is InChI=1S/C20H23N3O2S/c1-3-4-12-21-18(24)15-9-7-10-16(13-15)22-20(26)23-19(25)17-11-6-5-8-14(17)2/h5-11,13H,3-4,12H2,1-2H3,(H,21,24)(H2,22,23,25,26). The number of benzene rings is 2. The molecule has 2 rings (SSSR count). The van der Waals surface area contributed by atoms with Crippen molar-refractivity contribution in [2.24, 2.45) is 0 Å². The number of thiocarbonyl (C=S) groups is 1. The molecule has 0 spiro atoms. The highest BCUT2D eigenvalue weighted by Gasteiger charge is 2.11. The van der Waals surface area contributed by atoms with E-state index in [-0.39, 0.29) is 16.9 Å². The number of nitrogens with one attached hydrogen (secondary N) is 3. The summed E-state index contributed by atoms with van der Waals surface area (Å²) in [4.78, 5) is 24.4. The molecule has 6 heteroatoms. The Labute approximate surface area is 159 Å². The van der Waals surface area contributed by atoms with Crippen molar-refractivity contribution in [2.45, 2.75) is 26.7 Å². The molecule has 0 unspecified atom stereocenters. The zero-order chi connectivity index (χ0) is 18.9. The Kier molecular flexibility index (Phi) is 7.29. The maximum absolute atomic E-state index is 12.3. The third-order valence-electron chi connectivity index (χ3n) is 3.82. The van der Waals surface area contributed by atoms with Crippen LogP contribution in [0, 0.1) is 6.92 Å². The summed E-state index contributed by atoms with van der Waals surface area (Å²) in [6.45, 7) is 4.59. The Hall–Kier alpha value is -2.73. The van der Waals surface area contributed by atoms with Gasteiger partial charge in [0.05, 0.1) is 0 Å². The second kappa shape index (κ2) is 9.68. The highest BCUT2D eigenvalue weighted by Crippen LogP contribution is 2.11. The minimum atomic E-state index is -0.269. The molecular formula is C20H23N3O2S. The number of aryl methyl sites for hydroxylation is 1. The maximum Gasteiger partial charge on any atom is 0.257 e. The van der Waals surface area contributed by atoms with E-state index in [1.807, 2.05) is 19.1 Å². The highest BCUT2D eigenvalue weighted by atomic mass is 32.1. The summed E-state index contributed by atoms with van der Waals surface area (Å²) in [5, 5.41) is 8.65. The van der Waals surface area contributed by atoms with E-state index in [4.69, 9.17) is 12.2 Å². The number of anilines is 1. The van der Waals surface area contributed by atoms with E-state index in [0.717, 1.165) is 18.4 Å². The van der Waals surface area contributed by atoms with Gasteiger partial charge in [0.15, 0.2) is 5.11 Å². The average molecular weight is 369 g/mol. The van der Waals surface area contributed by atoms with Gasteiger partial charge in [0, 0.05) is 23.4 Å². The first kappa shape index (κ1) is 19.6. The van der Waals surface area contributed by atoms with Gasteiger partial charge in [0.1, 0.15) is 0 Å². The van der Waals surface area contributed by atoms with Gasteiger partial charge in [-0.25, -0.2) is 0 Å². The quantitative estimate of drug-likeness (QED) is 0.537. The first-order valence-electron chi connectivity index (χ1n) is 8.57. The Balaban J connectivity index is 1.96. The minimum Gasteiger partial charge on any atom is -0.352 e. The molecule has 0 heterocycles. The van der Waals surface area contributed by atoms with Crippen molar-refractivity contribution in [3.8, 4) is 0 Å². The van der Waals surface area contributed by atoms with E-state index < -0.39 is 0 Å². The molecule has 0 fully saturated rings.